The van der Waals surface area contributed by atoms with Gasteiger partial charge in [0.2, 0.25) is 6.23 Å². The Balaban J connectivity index is 0. The Morgan fingerprint density at radius 3 is 1.33 bits per heavy atom. The van der Waals surface area contributed by atoms with Gasteiger partial charge in [0, 0.05) is 6.42 Å². The fourth-order valence-corrected chi connectivity index (χ4v) is 3.01. The van der Waals surface area contributed by atoms with Crippen molar-refractivity contribution in [3.05, 3.63) is 0 Å². The predicted octanol–water partition coefficient (Wildman–Crippen LogP) is 3.04. The van der Waals surface area contributed by atoms with E-state index in [0.29, 0.717) is 13.0 Å². The molecule has 2 unspecified atom stereocenters. The Morgan fingerprint density at radius 2 is 1.00 bits per heavy atom. The molecule has 0 aromatic carbocycles. The van der Waals surface area contributed by atoms with Crippen LogP contribution in [0.1, 0.15) is 110 Å². The first-order valence-corrected chi connectivity index (χ1v) is 10.3. The smallest absolute Gasteiger partial charge is 0.220 e. The van der Waals surface area contributed by atoms with Gasteiger partial charge in [-0.3, -0.25) is 0 Å². The molecule has 0 aromatic heterocycles. The molecular weight excluding hydrogens is 322 g/mol. The van der Waals surface area contributed by atoms with Crippen LogP contribution in [-0.4, -0.2) is 34.8 Å². The molecule has 0 saturated heterocycles. The van der Waals surface area contributed by atoms with E-state index in [0.717, 1.165) is 6.42 Å². The van der Waals surface area contributed by atoms with Crippen LogP contribution in [0.5, 0.6) is 0 Å². The summed E-state index contributed by atoms with van der Waals surface area (Å²) in [4.78, 5) is 0. The summed E-state index contributed by atoms with van der Waals surface area (Å²) in [5.74, 6) is 0. The monoisotopic (exact) mass is 365 g/mol. The Bertz CT molecular complexity index is 250. The molecule has 0 aliphatic carbocycles. The highest BCUT2D eigenvalue weighted by atomic mass is 35.5. The summed E-state index contributed by atoms with van der Waals surface area (Å²) in [6.45, 7) is 4.73. The summed E-state index contributed by atoms with van der Waals surface area (Å²) in [6.07, 6.45) is 18.9. The zero-order chi connectivity index (χ0) is 17.4. The normalized spacial score (nSPS) is 14.9. The lowest BCUT2D eigenvalue weighted by Crippen LogP contribution is -3.00. The minimum absolute atomic E-state index is 0. The average Bonchev–Trinajstić information content (AvgIpc) is 2.54. The number of aliphatic hydroxyl groups excluding tert-OH is 1. The molecule has 0 aliphatic rings. The molecule has 0 bridgehead atoms. The van der Waals surface area contributed by atoms with Gasteiger partial charge >= 0.3 is 0 Å². The third-order valence-corrected chi connectivity index (χ3v) is 5.10. The number of rotatable bonds is 17. The van der Waals surface area contributed by atoms with Gasteiger partial charge < -0.3 is 17.5 Å². The summed E-state index contributed by atoms with van der Waals surface area (Å²) in [7, 11) is 1.68. The third-order valence-electron chi connectivity index (χ3n) is 5.10. The quantitative estimate of drug-likeness (QED) is 0.180. The van der Waals surface area contributed by atoms with E-state index < -0.39 is 6.23 Å². The van der Waals surface area contributed by atoms with Crippen molar-refractivity contribution in [3.63, 3.8) is 0 Å². The van der Waals surface area contributed by atoms with Crippen LogP contribution >= 0.6 is 0 Å². The average molecular weight is 366 g/mol. The van der Waals surface area contributed by atoms with Crippen molar-refractivity contribution in [1.29, 1.82) is 0 Å². The van der Waals surface area contributed by atoms with Crippen LogP contribution in [0.3, 0.4) is 0 Å². The number of halogens is 1. The van der Waals surface area contributed by atoms with E-state index in [4.69, 9.17) is 0 Å². The summed E-state index contributed by atoms with van der Waals surface area (Å²) in [5, 5.41) is 19.8. The van der Waals surface area contributed by atoms with Crippen molar-refractivity contribution in [2.24, 2.45) is 0 Å². The molecule has 0 heterocycles. The highest BCUT2D eigenvalue weighted by Crippen LogP contribution is 2.15. The lowest BCUT2D eigenvalue weighted by Gasteiger charge is -2.29. The van der Waals surface area contributed by atoms with Crippen LogP contribution in [0.2, 0.25) is 0 Å². The maximum atomic E-state index is 9.89. The fraction of sp³-hybridized carbons (Fsp3) is 1.00. The maximum absolute atomic E-state index is 9.89. The topological polar surface area (TPSA) is 40.5 Å². The van der Waals surface area contributed by atoms with E-state index in [1.807, 2.05) is 6.92 Å². The zero-order valence-electron chi connectivity index (χ0n) is 16.6. The lowest BCUT2D eigenvalue weighted by molar-refractivity contribution is -1.12. The molecule has 4 heteroatoms. The van der Waals surface area contributed by atoms with E-state index >= 15 is 0 Å². The molecule has 0 spiro atoms. The van der Waals surface area contributed by atoms with Crippen LogP contribution in [0.25, 0.3) is 0 Å². The maximum Gasteiger partial charge on any atom is 0.220 e. The van der Waals surface area contributed by atoms with Crippen LogP contribution in [-0.2, 0) is 0 Å². The second-order valence-corrected chi connectivity index (χ2v) is 7.40. The zero-order valence-corrected chi connectivity index (χ0v) is 17.4. The number of quaternary nitrogens is 1. The third kappa shape index (κ3) is 15.7. The molecule has 148 valence electrons. The minimum atomic E-state index is -0.627. The molecule has 0 radical (unpaired) electrons. The van der Waals surface area contributed by atoms with Gasteiger partial charge in [-0.25, -0.2) is 5.21 Å². The van der Waals surface area contributed by atoms with Gasteiger partial charge in [-0.2, -0.15) is 4.65 Å². The molecule has 0 aliphatic heterocycles. The number of nitrogens with zero attached hydrogens (tertiary/aromatic N) is 1. The van der Waals surface area contributed by atoms with Crippen molar-refractivity contribution < 1.29 is 27.4 Å². The summed E-state index contributed by atoms with van der Waals surface area (Å²) >= 11 is 0. The molecule has 3 nitrogen and oxygen atoms in total. The highest BCUT2D eigenvalue weighted by molar-refractivity contribution is 4.50. The van der Waals surface area contributed by atoms with Crippen molar-refractivity contribution in [3.8, 4) is 0 Å². The number of unbranched alkanes of at least 4 members (excludes halogenated alkanes) is 13. The second-order valence-electron chi connectivity index (χ2n) is 7.40. The highest BCUT2D eigenvalue weighted by Gasteiger charge is 2.26. The number of aliphatic hydroxyl groups is 1. The van der Waals surface area contributed by atoms with Crippen molar-refractivity contribution in [1.82, 2.24) is 0 Å². The first-order chi connectivity index (χ1) is 11.0. The van der Waals surface area contributed by atoms with Crippen LogP contribution in [0.15, 0.2) is 0 Å². The van der Waals surface area contributed by atoms with Gasteiger partial charge in [-0.15, -0.1) is 0 Å². The molecule has 24 heavy (non-hydrogen) atoms. The van der Waals surface area contributed by atoms with Crippen LogP contribution in [0, 0.1) is 0 Å². The van der Waals surface area contributed by atoms with Crippen molar-refractivity contribution >= 4 is 0 Å². The van der Waals surface area contributed by atoms with Crippen molar-refractivity contribution in [2.45, 2.75) is 116 Å². The Kier molecular flexibility index (Phi) is 19.8. The van der Waals surface area contributed by atoms with E-state index in [9.17, 15) is 10.3 Å². The number of hydrogen-bond acceptors (Lipinski definition) is 2. The largest absolute Gasteiger partial charge is 1.00 e. The van der Waals surface area contributed by atoms with E-state index in [1.165, 1.54) is 83.5 Å². The van der Waals surface area contributed by atoms with E-state index in [-0.39, 0.29) is 17.1 Å². The number of hydroxylamine groups is 3. The summed E-state index contributed by atoms with van der Waals surface area (Å²) in [5.41, 5.74) is 0. The van der Waals surface area contributed by atoms with Gasteiger partial charge in [0.15, 0.2) is 0 Å². The molecule has 2 atom stereocenters. The lowest BCUT2D eigenvalue weighted by atomic mass is 10.0. The molecule has 0 saturated carbocycles. The SMILES string of the molecule is CCCCCCCCCCCCCCCCC(O)[N+](C)(O)CC.[Cl-]. The Hall–Kier alpha value is 0.170. The van der Waals surface area contributed by atoms with E-state index in [1.54, 1.807) is 7.05 Å². The van der Waals surface area contributed by atoms with Crippen LogP contribution < -0.4 is 12.4 Å². The van der Waals surface area contributed by atoms with Gasteiger partial charge in [0.05, 0.1) is 0 Å². The summed E-state index contributed by atoms with van der Waals surface area (Å²) in [6, 6.07) is 0. The standard InChI is InChI=1S/C20H44NO2.ClH/c1-4-6-7-8-9-10-11-12-13-14-15-16-17-18-19-20(22)21(3,23)5-2;/h20,22-23H,4-19H2,1-3H3;1H/q+1;/p-1. The molecular formula is C20H44ClNO2. The minimum Gasteiger partial charge on any atom is -1.00 e. The number of hydrogen-bond donors (Lipinski definition) is 2. The predicted molar refractivity (Wildman–Crippen MR) is 99.4 cm³/mol. The van der Waals surface area contributed by atoms with E-state index in [2.05, 4.69) is 6.92 Å². The molecule has 0 aromatic rings. The first kappa shape index (κ1) is 26.4. The summed E-state index contributed by atoms with van der Waals surface area (Å²) < 4.78 is -0.265. The molecule has 2 N–H and O–H groups in total. The molecule has 0 rings (SSSR count). The first-order valence-electron chi connectivity index (χ1n) is 10.3. The Labute approximate surface area is 157 Å². The van der Waals surface area contributed by atoms with Crippen LogP contribution in [0.4, 0.5) is 0 Å². The molecule has 0 fully saturated rings. The molecule has 0 amide bonds. The van der Waals surface area contributed by atoms with Gasteiger partial charge in [-0.1, -0.05) is 90.4 Å². The van der Waals surface area contributed by atoms with Gasteiger partial charge in [0.1, 0.15) is 13.6 Å². The van der Waals surface area contributed by atoms with Crippen molar-refractivity contribution in [2.75, 3.05) is 13.6 Å². The van der Waals surface area contributed by atoms with Gasteiger partial charge in [-0.05, 0) is 13.3 Å². The second kappa shape index (κ2) is 18.0. The van der Waals surface area contributed by atoms with Gasteiger partial charge in [0.25, 0.3) is 0 Å². The fourth-order valence-electron chi connectivity index (χ4n) is 3.01. The Morgan fingerprint density at radius 1 is 0.667 bits per heavy atom.